The molecule has 0 radical (unpaired) electrons. The van der Waals surface area contributed by atoms with Crippen molar-refractivity contribution in [3.63, 3.8) is 0 Å². The second-order valence-corrected chi connectivity index (χ2v) is 1.71. The van der Waals surface area contributed by atoms with E-state index in [0.717, 1.165) is 0 Å². The Hall–Kier alpha value is -0.980. The fourth-order valence-electron chi connectivity index (χ4n) is 0.230. The highest BCUT2D eigenvalue weighted by Crippen LogP contribution is 1.99. The highest BCUT2D eigenvalue weighted by Gasteiger charge is 2.39. The first-order valence-corrected chi connectivity index (χ1v) is 2.31. The van der Waals surface area contributed by atoms with Crippen LogP contribution in [0.2, 0.25) is 0 Å². The van der Waals surface area contributed by atoms with Crippen LogP contribution in [0.5, 0.6) is 0 Å². The maximum absolute atomic E-state index is 9.93. The smallest absolute Gasteiger partial charge is 0.354 e. The second-order valence-electron chi connectivity index (χ2n) is 1.71. The largest absolute Gasteiger partial charge is 0.478 e. The Bertz CT molecular complexity index is 154. The van der Waals surface area contributed by atoms with Gasteiger partial charge in [-0.25, -0.2) is 4.79 Å². The lowest BCUT2D eigenvalue weighted by atomic mass is 10.1. The summed E-state index contributed by atoms with van der Waals surface area (Å²) in [6, 6.07) is 0. The maximum atomic E-state index is 9.93. The lowest BCUT2D eigenvalue weighted by molar-refractivity contribution is -0.171. The first kappa shape index (κ1) is 9.02. The summed E-state index contributed by atoms with van der Waals surface area (Å²) in [6.45, 7) is 0. The van der Waals surface area contributed by atoms with Gasteiger partial charge in [0, 0.05) is 0 Å². The summed E-state index contributed by atoms with van der Waals surface area (Å²) in [5.41, 5.74) is 1.70. The normalized spacial score (nSPS) is 19.1. The molecule has 5 N–H and O–H groups in total. The molecule has 2 unspecified atom stereocenters. The van der Waals surface area contributed by atoms with E-state index >= 15 is 0 Å². The zero-order valence-electron chi connectivity index (χ0n) is 4.89. The number of hydrogen-bond acceptors (Lipinski definition) is 5. The molecule has 0 saturated carbocycles. The van der Waals surface area contributed by atoms with Gasteiger partial charge in [-0.1, -0.05) is 0 Å². The Morgan fingerprint density at radius 3 is 2.20 bits per heavy atom. The number of aldehydes is 1. The summed E-state index contributed by atoms with van der Waals surface area (Å²) >= 11 is 0. The van der Waals surface area contributed by atoms with E-state index in [1.807, 2.05) is 0 Å². The zero-order valence-corrected chi connectivity index (χ0v) is 4.89. The minimum absolute atomic E-state index is 0.159. The number of carbonyl (C=O) groups is 2. The van der Waals surface area contributed by atoms with E-state index in [2.05, 4.69) is 5.73 Å². The van der Waals surface area contributed by atoms with Crippen LogP contribution in [0.25, 0.3) is 0 Å². The predicted molar refractivity (Wildman–Crippen MR) is 28.8 cm³/mol. The molecule has 0 saturated heterocycles. The van der Waals surface area contributed by atoms with Gasteiger partial charge in [0.25, 0.3) is 0 Å². The highest BCUT2D eigenvalue weighted by molar-refractivity contribution is 5.82. The number of carboxylic acid groups (broad SMARTS) is 1. The molecule has 0 spiro atoms. The Morgan fingerprint density at radius 2 is 2.10 bits per heavy atom. The molecule has 2 atom stereocenters. The summed E-state index contributed by atoms with van der Waals surface area (Å²) in [5.74, 6) is -1.85. The van der Waals surface area contributed by atoms with Crippen LogP contribution in [-0.4, -0.2) is 39.4 Å². The SMILES string of the molecule is NC(O)(C(=O)O)C(O)C=O. The van der Waals surface area contributed by atoms with Crippen molar-refractivity contribution in [2.75, 3.05) is 0 Å². The average Bonchev–Trinajstić information content (AvgIpc) is 1.86. The van der Waals surface area contributed by atoms with Crippen LogP contribution in [0.15, 0.2) is 0 Å². The molecule has 0 bridgehead atoms. The number of nitrogens with two attached hydrogens (primary N) is 1. The van der Waals surface area contributed by atoms with E-state index in [9.17, 15) is 9.59 Å². The van der Waals surface area contributed by atoms with Crippen LogP contribution in [0, 0.1) is 0 Å². The molecular weight excluding hydrogens is 142 g/mol. The van der Waals surface area contributed by atoms with Gasteiger partial charge < -0.3 is 20.1 Å². The monoisotopic (exact) mass is 149 g/mol. The summed E-state index contributed by atoms with van der Waals surface area (Å²) in [7, 11) is 0. The molecule has 0 aliphatic carbocycles. The van der Waals surface area contributed by atoms with Gasteiger partial charge in [-0.15, -0.1) is 0 Å². The molecule has 6 nitrogen and oxygen atoms in total. The molecule has 58 valence electrons. The van der Waals surface area contributed by atoms with E-state index in [4.69, 9.17) is 15.3 Å². The van der Waals surface area contributed by atoms with Crippen molar-refractivity contribution in [2.45, 2.75) is 11.8 Å². The fraction of sp³-hybridized carbons (Fsp3) is 0.500. The Labute approximate surface area is 55.9 Å². The molecule has 0 fully saturated rings. The molecule has 0 rings (SSSR count). The molecule has 0 aromatic carbocycles. The van der Waals surface area contributed by atoms with Gasteiger partial charge in [0.05, 0.1) is 0 Å². The van der Waals surface area contributed by atoms with Crippen molar-refractivity contribution in [3.05, 3.63) is 0 Å². The third-order valence-electron chi connectivity index (χ3n) is 0.922. The number of rotatable bonds is 3. The number of aliphatic hydroxyl groups excluding tert-OH is 1. The van der Waals surface area contributed by atoms with Crippen LogP contribution in [0.1, 0.15) is 0 Å². The number of hydrogen-bond donors (Lipinski definition) is 4. The van der Waals surface area contributed by atoms with Gasteiger partial charge in [0.15, 0.2) is 12.4 Å². The van der Waals surface area contributed by atoms with Crippen LogP contribution < -0.4 is 5.73 Å². The van der Waals surface area contributed by atoms with E-state index in [1.54, 1.807) is 0 Å². The van der Waals surface area contributed by atoms with E-state index in [1.165, 1.54) is 0 Å². The van der Waals surface area contributed by atoms with Crippen LogP contribution in [-0.2, 0) is 9.59 Å². The first-order valence-electron chi connectivity index (χ1n) is 2.31. The van der Waals surface area contributed by atoms with Gasteiger partial charge in [-0.3, -0.25) is 5.73 Å². The molecule has 6 heteroatoms. The molecule has 0 aliphatic rings. The van der Waals surface area contributed by atoms with Crippen LogP contribution in [0.4, 0.5) is 0 Å². The number of carbonyl (C=O) groups excluding carboxylic acids is 1. The third kappa shape index (κ3) is 1.50. The summed E-state index contributed by atoms with van der Waals surface area (Å²) in [6.07, 6.45) is -2.27. The van der Waals surface area contributed by atoms with Crippen molar-refractivity contribution < 1.29 is 24.9 Å². The highest BCUT2D eigenvalue weighted by atomic mass is 16.4. The first-order chi connectivity index (χ1) is 4.42. The molecular formula is C4H7NO5. The van der Waals surface area contributed by atoms with Gasteiger partial charge in [-0.05, 0) is 0 Å². The summed E-state index contributed by atoms with van der Waals surface area (Å²) < 4.78 is 0. The average molecular weight is 149 g/mol. The van der Waals surface area contributed by atoms with Gasteiger partial charge in [0.2, 0.25) is 5.72 Å². The number of aliphatic hydroxyl groups is 2. The summed E-state index contributed by atoms with van der Waals surface area (Å²) in [4.78, 5) is 19.6. The van der Waals surface area contributed by atoms with Crippen molar-refractivity contribution in [1.29, 1.82) is 0 Å². The van der Waals surface area contributed by atoms with E-state index in [-0.39, 0.29) is 6.29 Å². The molecule has 0 amide bonds. The van der Waals surface area contributed by atoms with Gasteiger partial charge >= 0.3 is 5.97 Å². The molecule has 0 aromatic rings. The van der Waals surface area contributed by atoms with Crippen molar-refractivity contribution in [2.24, 2.45) is 5.73 Å². The standard InChI is InChI=1S/C4H7NO5/c5-4(10,3(8)9)2(7)1-6/h1-2,7,10H,5H2,(H,8,9). The number of aliphatic carboxylic acids is 1. The van der Waals surface area contributed by atoms with E-state index in [0.29, 0.717) is 0 Å². The molecule has 10 heavy (non-hydrogen) atoms. The minimum Gasteiger partial charge on any atom is -0.478 e. The topological polar surface area (TPSA) is 121 Å². The van der Waals surface area contributed by atoms with Crippen LogP contribution in [0.3, 0.4) is 0 Å². The molecule has 0 aromatic heterocycles. The maximum Gasteiger partial charge on any atom is 0.354 e. The molecule has 0 heterocycles. The van der Waals surface area contributed by atoms with Crippen molar-refractivity contribution in [1.82, 2.24) is 0 Å². The van der Waals surface area contributed by atoms with Crippen molar-refractivity contribution in [3.8, 4) is 0 Å². The Balaban J connectivity index is 4.38. The molecule has 0 aliphatic heterocycles. The Kier molecular flexibility index (Phi) is 2.47. The fourth-order valence-corrected chi connectivity index (χ4v) is 0.230. The lowest BCUT2D eigenvalue weighted by Crippen LogP contribution is -2.57. The zero-order chi connectivity index (χ0) is 8.36. The van der Waals surface area contributed by atoms with Crippen molar-refractivity contribution >= 4 is 12.3 Å². The van der Waals surface area contributed by atoms with E-state index < -0.39 is 17.8 Å². The lowest BCUT2D eigenvalue weighted by Gasteiger charge is -2.18. The van der Waals surface area contributed by atoms with Gasteiger partial charge in [0.1, 0.15) is 0 Å². The Morgan fingerprint density at radius 1 is 1.70 bits per heavy atom. The predicted octanol–water partition coefficient (Wildman–Crippen LogP) is -2.72. The summed E-state index contributed by atoms with van der Waals surface area (Å²) in [5, 5.41) is 25.0. The number of carboxylic acids is 1. The van der Waals surface area contributed by atoms with Crippen LogP contribution >= 0.6 is 0 Å². The van der Waals surface area contributed by atoms with Gasteiger partial charge in [-0.2, -0.15) is 0 Å². The quantitative estimate of drug-likeness (QED) is 0.255. The third-order valence-corrected chi connectivity index (χ3v) is 0.922. The minimum atomic E-state index is -2.89. The second kappa shape index (κ2) is 2.74.